The van der Waals surface area contributed by atoms with Crippen molar-refractivity contribution in [3.8, 4) is 5.75 Å². The number of hydrogen-bond donors (Lipinski definition) is 1. The first-order valence-corrected chi connectivity index (χ1v) is 15.1. The summed E-state index contributed by atoms with van der Waals surface area (Å²) in [4.78, 5) is 22.9. The third kappa shape index (κ3) is 6.90. The Morgan fingerprint density at radius 3 is 2.52 bits per heavy atom. The van der Waals surface area contributed by atoms with Gasteiger partial charge in [0.1, 0.15) is 18.3 Å². The molecule has 5 nitrogen and oxygen atoms in total. The SMILES string of the molecule is CCOC(=O)C(Cc1ccccc1)c1[nH]c2ccc(OCc3ccc(C)cn3)c(CC3CC3)c2c1SC(C)(C)C. The first kappa shape index (κ1) is 28.3. The maximum atomic E-state index is 13.5. The number of carbonyl (C=O) groups is 1. The van der Waals surface area contributed by atoms with Crippen LogP contribution in [0.15, 0.2) is 65.7 Å². The number of ether oxygens (including phenoxy) is 2. The van der Waals surface area contributed by atoms with E-state index in [0.29, 0.717) is 25.6 Å². The largest absolute Gasteiger partial charge is 0.487 e. The molecule has 1 aliphatic rings. The predicted molar refractivity (Wildman–Crippen MR) is 163 cm³/mol. The smallest absolute Gasteiger partial charge is 0.315 e. The molecule has 6 heteroatoms. The third-order valence-corrected chi connectivity index (χ3v) is 8.40. The van der Waals surface area contributed by atoms with Gasteiger partial charge in [0.2, 0.25) is 0 Å². The molecule has 1 saturated carbocycles. The van der Waals surface area contributed by atoms with Gasteiger partial charge in [-0.05, 0) is 74.8 Å². The first-order valence-electron chi connectivity index (χ1n) is 14.3. The summed E-state index contributed by atoms with van der Waals surface area (Å²) < 4.78 is 12.0. The molecule has 0 bridgehead atoms. The van der Waals surface area contributed by atoms with E-state index in [0.717, 1.165) is 45.1 Å². The number of rotatable bonds is 11. The van der Waals surface area contributed by atoms with E-state index in [1.165, 1.54) is 23.8 Å². The van der Waals surface area contributed by atoms with Gasteiger partial charge in [-0.1, -0.05) is 57.2 Å². The molecule has 1 aliphatic carbocycles. The van der Waals surface area contributed by atoms with Gasteiger partial charge in [-0.2, -0.15) is 0 Å². The molecule has 4 aromatic rings. The molecular formula is C34H40N2O3S. The molecule has 1 N–H and O–H groups in total. The number of esters is 1. The first-order chi connectivity index (χ1) is 19.2. The molecule has 1 unspecified atom stereocenters. The van der Waals surface area contributed by atoms with Crippen LogP contribution in [0, 0.1) is 12.8 Å². The molecule has 210 valence electrons. The minimum Gasteiger partial charge on any atom is -0.487 e. The lowest BCUT2D eigenvalue weighted by atomic mass is 9.95. The van der Waals surface area contributed by atoms with Crippen LogP contribution in [-0.4, -0.2) is 27.3 Å². The molecule has 2 aromatic heterocycles. The van der Waals surface area contributed by atoms with E-state index in [2.05, 4.69) is 61.1 Å². The third-order valence-electron chi connectivity index (χ3n) is 7.16. The molecule has 0 saturated heterocycles. The van der Waals surface area contributed by atoms with Gasteiger partial charge >= 0.3 is 5.97 Å². The lowest BCUT2D eigenvalue weighted by Crippen LogP contribution is -2.20. The number of thioether (sulfide) groups is 1. The van der Waals surface area contributed by atoms with Gasteiger partial charge in [-0.25, -0.2) is 0 Å². The molecule has 2 heterocycles. The lowest BCUT2D eigenvalue weighted by molar-refractivity contribution is -0.145. The van der Waals surface area contributed by atoms with Crippen molar-refractivity contribution < 1.29 is 14.3 Å². The minimum atomic E-state index is -0.436. The van der Waals surface area contributed by atoms with Crippen LogP contribution in [0.2, 0.25) is 0 Å². The summed E-state index contributed by atoms with van der Waals surface area (Å²) in [6, 6.07) is 18.5. The highest BCUT2D eigenvalue weighted by molar-refractivity contribution is 8.00. The summed E-state index contributed by atoms with van der Waals surface area (Å²) in [5, 5.41) is 1.18. The fraction of sp³-hybridized carbons (Fsp3) is 0.412. The molecule has 0 spiro atoms. The number of H-pyrrole nitrogens is 1. The summed E-state index contributed by atoms with van der Waals surface area (Å²) in [5.74, 6) is 0.939. The number of aryl methyl sites for hydroxylation is 1. The Labute approximate surface area is 242 Å². The second-order valence-corrected chi connectivity index (χ2v) is 13.6. The fourth-order valence-corrected chi connectivity index (χ4v) is 6.32. The number of carbonyl (C=O) groups excluding carboxylic acids is 1. The van der Waals surface area contributed by atoms with Crippen LogP contribution in [0.1, 0.15) is 74.5 Å². The van der Waals surface area contributed by atoms with Crippen molar-refractivity contribution in [3.63, 3.8) is 0 Å². The summed E-state index contributed by atoms with van der Waals surface area (Å²) in [7, 11) is 0. The van der Waals surface area contributed by atoms with Gasteiger partial charge in [0, 0.05) is 38.0 Å². The van der Waals surface area contributed by atoms with E-state index in [1.807, 2.05) is 56.1 Å². The standard InChI is InChI=1S/C34H40N2O3S/c1-6-38-33(37)27(19-23-10-8-7-9-11-23)31-32(40-34(3,4)5)30-26(18-24-13-14-24)29(17-16-28(30)36-31)39-21-25-15-12-22(2)20-35-25/h7-12,15-17,20,24,27,36H,6,13-14,18-19,21H2,1-5H3. The molecule has 2 aromatic carbocycles. The van der Waals surface area contributed by atoms with Gasteiger partial charge < -0.3 is 14.5 Å². The molecular weight excluding hydrogens is 516 g/mol. The number of hydrogen-bond acceptors (Lipinski definition) is 5. The van der Waals surface area contributed by atoms with Crippen LogP contribution in [0.4, 0.5) is 0 Å². The number of aromatic nitrogens is 2. The van der Waals surface area contributed by atoms with Crippen LogP contribution in [-0.2, 0) is 29.0 Å². The Bertz CT molecular complexity index is 1450. The zero-order valence-electron chi connectivity index (χ0n) is 24.3. The molecule has 1 atom stereocenters. The predicted octanol–water partition coefficient (Wildman–Crippen LogP) is 8.18. The van der Waals surface area contributed by atoms with Crippen molar-refractivity contribution in [3.05, 3.63) is 88.9 Å². The van der Waals surface area contributed by atoms with Crippen LogP contribution in [0.5, 0.6) is 5.75 Å². The van der Waals surface area contributed by atoms with Gasteiger partial charge in [0.05, 0.1) is 12.3 Å². The van der Waals surface area contributed by atoms with Gasteiger partial charge in [0.25, 0.3) is 0 Å². The number of pyridine rings is 1. The topological polar surface area (TPSA) is 64.2 Å². The average molecular weight is 557 g/mol. The summed E-state index contributed by atoms with van der Waals surface area (Å²) >= 11 is 1.82. The van der Waals surface area contributed by atoms with Crippen molar-refractivity contribution in [2.75, 3.05) is 6.61 Å². The maximum absolute atomic E-state index is 13.5. The molecule has 40 heavy (non-hydrogen) atoms. The Hall–Kier alpha value is -3.25. The number of nitrogens with zero attached hydrogens (tertiary/aromatic N) is 1. The number of nitrogens with one attached hydrogen (secondary N) is 1. The van der Waals surface area contributed by atoms with Crippen LogP contribution in [0.3, 0.4) is 0 Å². The van der Waals surface area contributed by atoms with Crippen molar-refractivity contribution in [1.29, 1.82) is 0 Å². The Morgan fingerprint density at radius 1 is 1.10 bits per heavy atom. The average Bonchev–Trinajstić information content (AvgIpc) is 3.67. The van der Waals surface area contributed by atoms with E-state index >= 15 is 0 Å². The van der Waals surface area contributed by atoms with E-state index in [9.17, 15) is 4.79 Å². The van der Waals surface area contributed by atoms with Crippen LogP contribution in [0.25, 0.3) is 10.9 Å². The summed E-state index contributed by atoms with van der Waals surface area (Å²) in [6.07, 6.45) is 5.91. The summed E-state index contributed by atoms with van der Waals surface area (Å²) in [5.41, 5.74) is 6.36. The second kappa shape index (κ2) is 12.1. The monoisotopic (exact) mass is 556 g/mol. The van der Waals surface area contributed by atoms with Crippen LogP contribution < -0.4 is 4.74 Å². The Balaban J connectivity index is 1.63. The normalized spacial score (nSPS) is 14.3. The highest BCUT2D eigenvalue weighted by Gasteiger charge is 2.33. The molecule has 0 aliphatic heterocycles. The van der Waals surface area contributed by atoms with Gasteiger partial charge in [0.15, 0.2) is 0 Å². The Morgan fingerprint density at radius 2 is 1.88 bits per heavy atom. The van der Waals surface area contributed by atoms with E-state index < -0.39 is 5.92 Å². The molecule has 0 amide bonds. The van der Waals surface area contributed by atoms with E-state index in [4.69, 9.17) is 9.47 Å². The number of benzene rings is 2. The van der Waals surface area contributed by atoms with Crippen molar-refractivity contribution in [2.24, 2.45) is 5.92 Å². The van der Waals surface area contributed by atoms with Gasteiger partial charge in [-0.3, -0.25) is 9.78 Å². The highest BCUT2D eigenvalue weighted by Crippen LogP contribution is 2.47. The van der Waals surface area contributed by atoms with Crippen molar-refractivity contribution in [2.45, 2.75) is 82.5 Å². The van der Waals surface area contributed by atoms with Crippen LogP contribution >= 0.6 is 11.8 Å². The highest BCUT2D eigenvalue weighted by atomic mass is 32.2. The van der Waals surface area contributed by atoms with Crippen molar-refractivity contribution >= 4 is 28.6 Å². The zero-order chi connectivity index (χ0) is 28.3. The van der Waals surface area contributed by atoms with Crippen molar-refractivity contribution in [1.82, 2.24) is 9.97 Å². The minimum absolute atomic E-state index is 0.0602. The molecule has 1 fully saturated rings. The van der Waals surface area contributed by atoms with E-state index in [-0.39, 0.29) is 10.7 Å². The van der Waals surface area contributed by atoms with Gasteiger partial charge in [-0.15, -0.1) is 11.8 Å². The number of aromatic amines is 1. The fourth-order valence-electron chi connectivity index (χ4n) is 5.07. The second-order valence-electron chi connectivity index (χ2n) is 11.8. The quantitative estimate of drug-likeness (QED) is 0.149. The molecule has 0 radical (unpaired) electrons. The zero-order valence-corrected chi connectivity index (χ0v) is 25.1. The lowest BCUT2D eigenvalue weighted by Gasteiger charge is -2.22. The van der Waals surface area contributed by atoms with E-state index in [1.54, 1.807) is 0 Å². The number of fused-ring (bicyclic) bond motifs is 1. The maximum Gasteiger partial charge on any atom is 0.315 e. The molecule has 5 rings (SSSR count). The summed E-state index contributed by atoms with van der Waals surface area (Å²) in [6.45, 7) is 11.3. The Kier molecular flexibility index (Phi) is 8.55.